The zero-order valence-electron chi connectivity index (χ0n) is 47.5. The second-order valence-electron chi connectivity index (χ2n) is 22.1. The molecular formula is C68H98Br2N2O2S2. The number of ether oxygens (including phenoxy) is 2. The van der Waals surface area contributed by atoms with Crippen molar-refractivity contribution in [2.75, 3.05) is 13.2 Å². The Kier molecular flexibility index (Phi) is 31.8. The number of halogens is 2. The Hall–Kier alpha value is -2.78. The Morgan fingerprint density at radius 2 is 0.658 bits per heavy atom. The third-order valence-electron chi connectivity index (χ3n) is 15.6. The average molecular weight is 1200 g/mol. The molecule has 76 heavy (non-hydrogen) atoms. The van der Waals surface area contributed by atoms with Crippen LogP contribution < -0.4 is 20.2 Å². The van der Waals surface area contributed by atoms with E-state index in [1.54, 1.807) is 22.7 Å². The molecule has 0 spiro atoms. The molecule has 3 heterocycles. The lowest BCUT2D eigenvalue weighted by molar-refractivity contribution is 0.304. The van der Waals surface area contributed by atoms with Crippen molar-refractivity contribution >= 4 is 65.7 Å². The zero-order chi connectivity index (χ0) is 53.1. The van der Waals surface area contributed by atoms with Gasteiger partial charge in [0.25, 0.3) is 0 Å². The molecule has 0 fully saturated rings. The SMILES string of the molecule is CCCCCCCCCCCCCCCCCCCCOc1cccc(-c2nc3c(nc2-c2cccc(OCCCCCCCCCCCCCCCCCCCC)c2)=C(c2ccc(Br)s2)CCC=3c2ccc(Br)s2)c1. The Morgan fingerprint density at radius 1 is 0.368 bits per heavy atom. The lowest BCUT2D eigenvalue weighted by Gasteiger charge is -2.18. The molecule has 0 amide bonds. The summed E-state index contributed by atoms with van der Waals surface area (Å²) in [6.45, 7) is 6.06. The summed E-state index contributed by atoms with van der Waals surface area (Å²) >= 11 is 11.1. The van der Waals surface area contributed by atoms with Gasteiger partial charge in [-0.2, -0.15) is 0 Å². The predicted octanol–water partition coefficient (Wildman–Crippen LogP) is 22.5. The molecular weight excluding hydrogens is 1100 g/mol. The van der Waals surface area contributed by atoms with Gasteiger partial charge in [-0.15, -0.1) is 22.7 Å². The minimum absolute atomic E-state index is 0.726. The van der Waals surface area contributed by atoms with E-state index in [0.29, 0.717) is 0 Å². The lowest BCUT2D eigenvalue weighted by Crippen LogP contribution is -2.39. The molecule has 0 unspecified atom stereocenters. The number of thiophene rings is 2. The van der Waals surface area contributed by atoms with Crippen molar-refractivity contribution in [2.24, 2.45) is 0 Å². The van der Waals surface area contributed by atoms with E-state index in [1.165, 1.54) is 239 Å². The van der Waals surface area contributed by atoms with E-state index in [9.17, 15) is 0 Å². The molecule has 3 aromatic heterocycles. The topological polar surface area (TPSA) is 44.2 Å². The minimum atomic E-state index is 0.726. The summed E-state index contributed by atoms with van der Waals surface area (Å²) in [6, 6.07) is 25.9. The third-order valence-corrected chi connectivity index (χ3v) is 18.9. The van der Waals surface area contributed by atoms with Gasteiger partial charge in [-0.1, -0.05) is 256 Å². The van der Waals surface area contributed by atoms with E-state index in [1.807, 2.05) is 0 Å². The standard InChI is InChI=1S/C68H98Br2N2O2S2/c1-3-5-7-9-11-13-15-17-19-21-23-25-27-29-31-33-35-37-51-73-57-43-39-41-55(53-57)65-66(72-68-60(62-48-50-64(70)76-62)46-45-59(67(68)71-65)61-47-49-63(69)75-61)56-42-40-44-58(54-56)74-52-38-36-34-32-30-28-26-24-22-20-18-16-14-12-10-8-6-4-2/h39-44,47-50,53-54H,3-38,45-46,51-52H2,1-2H3. The molecule has 0 N–H and O–H groups in total. The Morgan fingerprint density at radius 3 is 0.934 bits per heavy atom. The second kappa shape index (κ2) is 38.8. The first-order valence-corrected chi connectivity index (χ1v) is 34.4. The van der Waals surface area contributed by atoms with Gasteiger partial charge in [-0.3, -0.25) is 0 Å². The maximum atomic E-state index is 6.49. The van der Waals surface area contributed by atoms with E-state index in [0.717, 1.165) is 91.2 Å². The highest BCUT2D eigenvalue weighted by molar-refractivity contribution is 9.11. The summed E-state index contributed by atoms with van der Waals surface area (Å²) in [5, 5.41) is 1.95. The number of fused-ring (bicyclic) bond motifs is 1. The van der Waals surface area contributed by atoms with E-state index in [-0.39, 0.29) is 0 Å². The van der Waals surface area contributed by atoms with Gasteiger partial charge in [0.2, 0.25) is 0 Å². The smallest absolute Gasteiger partial charge is 0.119 e. The number of hydrogen-bond donors (Lipinski definition) is 0. The first-order valence-electron chi connectivity index (χ1n) is 31.2. The van der Waals surface area contributed by atoms with Crippen molar-refractivity contribution in [1.29, 1.82) is 0 Å². The van der Waals surface area contributed by atoms with Gasteiger partial charge in [0.1, 0.15) is 11.5 Å². The number of benzene rings is 2. The fourth-order valence-electron chi connectivity index (χ4n) is 11.0. The van der Waals surface area contributed by atoms with Crippen LogP contribution in [0.25, 0.3) is 33.7 Å². The van der Waals surface area contributed by atoms with Crippen molar-refractivity contribution in [3.8, 4) is 34.0 Å². The van der Waals surface area contributed by atoms with Crippen LogP contribution in [-0.4, -0.2) is 23.2 Å². The molecule has 8 heteroatoms. The number of rotatable bonds is 44. The highest BCUT2D eigenvalue weighted by Gasteiger charge is 2.23. The molecule has 0 atom stereocenters. The lowest BCUT2D eigenvalue weighted by atomic mass is 9.95. The summed E-state index contributed by atoms with van der Waals surface area (Å²) < 4.78 is 15.2. The molecule has 0 bridgehead atoms. The molecule has 5 aromatic rings. The van der Waals surface area contributed by atoms with Gasteiger partial charge < -0.3 is 9.47 Å². The Bertz CT molecular complexity index is 2290. The van der Waals surface area contributed by atoms with Crippen molar-refractivity contribution in [2.45, 2.75) is 258 Å². The Labute approximate surface area is 487 Å². The van der Waals surface area contributed by atoms with E-state index < -0.39 is 0 Å². The number of aromatic nitrogens is 2. The van der Waals surface area contributed by atoms with Gasteiger partial charge in [0, 0.05) is 20.9 Å². The fourth-order valence-corrected chi connectivity index (χ4v) is 14.0. The minimum Gasteiger partial charge on any atom is -0.494 e. The highest BCUT2D eigenvalue weighted by atomic mass is 79.9. The summed E-state index contributed by atoms with van der Waals surface area (Å²) in [7, 11) is 0. The van der Waals surface area contributed by atoms with Gasteiger partial charge >= 0.3 is 0 Å². The van der Waals surface area contributed by atoms with Crippen LogP contribution in [0, 0.1) is 0 Å². The molecule has 1 aliphatic rings. The summed E-state index contributed by atoms with van der Waals surface area (Å²) in [4.78, 5) is 13.9. The predicted molar refractivity (Wildman–Crippen MR) is 339 cm³/mol. The van der Waals surface area contributed by atoms with E-state index in [4.69, 9.17) is 19.4 Å². The molecule has 0 saturated heterocycles. The molecule has 0 aliphatic heterocycles. The first kappa shape index (κ1) is 62.4. The van der Waals surface area contributed by atoms with Gasteiger partial charge in [-0.05, 0) is 117 Å². The summed E-state index contributed by atoms with van der Waals surface area (Å²) in [5.41, 5.74) is 6.30. The van der Waals surface area contributed by atoms with E-state index >= 15 is 0 Å². The zero-order valence-corrected chi connectivity index (χ0v) is 52.3. The molecule has 6 rings (SSSR count). The molecule has 0 radical (unpaired) electrons. The van der Waals surface area contributed by atoms with Crippen LogP contribution >= 0.6 is 54.5 Å². The second-order valence-corrected chi connectivity index (χ2v) is 27.0. The Balaban J connectivity index is 1.01. The van der Waals surface area contributed by atoms with Crippen molar-refractivity contribution in [3.05, 3.63) is 101 Å². The number of unbranched alkanes of at least 4 members (excludes halogenated alkanes) is 34. The van der Waals surface area contributed by atoms with Crippen LogP contribution in [0.3, 0.4) is 0 Å². The number of hydrogen-bond acceptors (Lipinski definition) is 6. The van der Waals surface area contributed by atoms with Gasteiger partial charge in [0.15, 0.2) is 0 Å². The van der Waals surface area contributed by atoms with Crippen LogP contribution in [0.1, 0.15) is 268 Å². The molecule has 0 saturated carbocycles. The molecule has 4 nitrogen and oxygen atoms in total. The van der Waals surface area contributed by atoms with Gasteiger partial charge in [-0.25, -0.2) is 9.97 Å². The van der Waals surface area contributed by atoms with E-state index in [2.05, 4.69) is 119 Å². The third kappa shape index (κ3) is 23.5. The fraction of sp³-hybridized carbons (Fsp3) is 0.618. The maximum Gasteiger partial charge on any atom is 0.119 e. The summed E-state index contributed by atoms with van der Waals surface area (Å²) in [5.74, 6) is 1.77. The van der Waals surface area contributed by atoms with Crippen molar-refractivity contribution in [1.82, 2.24) is 9.97 Å². The summed E-state index contributed by atoms with van der Waals surface area (Å²) in [6.07, 6.45) is 51.4. The van der Waals surface area contributed by atoms with Crippen LogP contribution in [0.2, 0.25) is 0 Å². The average Bonchev–Trinajstić information content (AvgIpc) is 4.11. The number of nitrogens with zero attached hydrogens (tertiary/aromatic N) is 2. The van der Waals surface area contributed by atoms with Crippen LogP contribution in [0.4, 0.5) is 0 Å². The normalized spacial score (nSPS) is 12.5. The van der Waals surface area contributed by atoms with Crippen LogP contribution in [-0.2, 0) is 0 Å². The molecule has 1 aliphatic carbocycles. The molecule has 418 valence electrons. The largest absolute Gasteiger partial charge is 0.494 e. The monoisotopic (exact) mass is 1200 g/mol. The van der Waals surface area contributed by atoms with Gasteiger partial charge in [0.05, 0.1) is 42.9 Å². The van der Waals surface area contributed by atoms with Crippen LogP contribution in [0.15, 0.2) is 80.4 Å². The van der Waals surface area contributed by atoms with Crippen LogP contribution in [0.5, 0.6) is 11.5 Å². The quantitative estimate of drug-likeness (QED) is 0.0365. The first-order chi connectivity index (χ1) is 37.5. The van der Waals surface area contributed by atoms with Crippen molar-refractivity contribution < 1.29 is 9.47 Å². The maximum absolute atomic E-state index is 6.49. The highest BCUT2D eigenvalue weighted by Crippen LogP contribution is 2.37. The van der Waals surface area contributed by atoms with Crippen molar-refractivity contribution in [3.63, 3.8) is 0 Å². The molecule has 2 aromatic carbocycles.